The predicted molar refractivity (Wildman–Crippen MR) is 102 cm³/mol. The second-order valence-electron chi connectivity index (χ2n) is 6.48. The molecule has 1 saturated heterocycles. The van der Waals surface area contributed by atoms with E-state index in [9.17, 15) is 14.0 Å². The molecule has 0 unspecified atom stereocenters. The Hall–Kier alpha value is -2.80. The Morgan fingerprint density at radius 2 is 1.85 bits per heavy atom. The average molecular weight is 383 g/mol. The average Bonchev–Trinajstić information content (AvgIpc) is 3.23. The minimum absolute atomic E-state index is 0.0675. The van der Waals surface area contributed by atoms with E-state index < -0.39 is 5.82 Å². The maximum Gasteiger partial charge on any atom is 0.267 e. The molecule has 5 nitrogen and oxygen atoms in total. The second-order valence-corrected chi connectivity index (χ2v) is 7.43. The lowest BCUT2D eigenvalue weighted by molar-refractivity contribution is 0.0683. The normalized spacial score (nSPS) is 15.1. The number of carbonyl (C=O) groups is 1. The van der Waals surface area contributed by atoms with Gasteiger partial charge in [-0.15, -0.1) is 11.3 Å². The van der Waals surface area contributed by atoms with E-state index in [0.29, 0.717) is 25.9 Å². The first-order valence-corrected chi connectivity index (χ1v) is 9.69. The molecular weight excluding hydrogens is 365 g/mol. The van der Waals surface area contributed by atoms with Crippen molar-refractivity contribution in [2.45, 2.75) is 18.9 Å². The fraction of sp³-hybridized carbons (Fsp3) is 0.250. The highest BCUT2D eigenvalue weighted by atomic mass is 32.1. The maximum atomic E-state index is 13.9. The number of halogens is 1. The molecule has 1 aromatic carbocycles. The standard InChI is InChI=1S/C20H18FN3O2S/c21-16-5-2-1-4-15(16)20(26)23-11-9-14(10-12-23)24-19(25)8-7-17(22-24)18-6-3-13-27-18/h1-8,13-14H,9-12H2. The van der Waals surface area contributed by atoms with Gasteiger partial charge in [-0.25, -0.2) is 9.07 Å². The number of thiophene rings is 1. The minimum Gasteiger partial charge on any atom is -0.338 e. The number of piperidine rings is 1. The predicted octanol–water partition coefficient (Wildman–Crippen LogP) is 3.59. The molecule has 0 spiro atoms. The molecule has 2 aromatic heterocycles. The molecule has 0 atom stereocenters. The SMILES string of the molecule is O=C(c1ccccc1F)N1CCC(n2nc(-c3cccs3)ccc2=O)CC1. The first-order chi connectivity index (χ1) is 13.1. The van der Waals surface area contributed by atoms with Crippen LogP contribution in [0.4, 0.5) is 4.39 Å². The van der Waals surface area contributed by atoms with Crippen LogP contribution in [0.3, 0.4) is 0 Å². The summed E-state index contributed by atoms with van der Waals surface area (Å²) in [5, 5.41) is 6.50. The number of likely N-dealkylation sites (tertiary alicyclic amines) is 1. The number of aromatic nitrogens is 2. The van der Waals surface area contributed by atoms with Crippen molar-refractivity contribution in [1.29, 1.82) is 0 Å². The molecule has 3 heterocycles. The number of carbonyl (C=O) groups excluding carboxylic acids is 1. The summed E-state index contributed by atoms with van der Waals surface area (Å²) in [5.41, 5.74) is 0.717. The summed E-state index contributed by atoms with van der Waals surface area (Å²) < 4.78 is 15.4. The molecule has 7 heteroatoms. The highest BCUT2D eigenvalue weighted by Crippen LogP contribution is 2.25. The first-order valence-electron chi connectivity index (χ1n) is 8.81. The van der Waals surface area contributed by atoms with Crippen molar-refractivity contribution in [3.8, 4) is 10.6 Å². The topological polar surface area (TPSA) is 55.2 Å². The molecule has 1 aliphatic rings. The molecule has 138 valence electrons. The summed E-state index contributed by atoms with van der Waals surface area (Å²) in [5.74, 6) is -0.814. The van der Waals surface area contributed by atoms with E-state index in [0.717, 1.165) is 10.6 Å². The van der Waals surface area contributed by atoms with Crippen molar-refractivity contribution < 1.29 is 9.18 Å². The smallest absolute Gasteiger partial charge is 0.267 e. The summed E-state index contributed by atoms with van der Waals surface area (Å²) in [6, 6.07) is 13.1. The third-order valence-electron chi connectivity index (χ3n) is 4.80. The van der Waals surface area contributed by atoms with Gasteiger partial charge >= 0.3 is 0 Å². The van der Waals surface area contributed by atoms with Crippen LogP contribution in [0.2, 0.25) is 0 Å². The monoisotopic (exact) mass is 383 g/mol. The van der Waals surface area contributed by atoms with Crippen molar-refractivity contribution in [2.24, 2.45) is 0 Å². The Labute approximate surface area is 159 Å². The largest absolute Gasteiger partial charge is 0.338 e. The first kappa shape index (κ1) is 17.6. The summed E-state index contributed by atoms with van der Waals surface area (Å²) in [6.45, 7) is 0.935. The van der Waals surface area contributed by atoms with Crippen LogP contribution in [-0.4, -0.2) is 33.7 Å². The zero-order chi connectivity index (χ0) is 18.8. The number of benzene rings is 1. The van der Waals surface area contributed by atoms with Gasteiger partial charge in [-0.05, 0) is 42.5 Å². The van der Waals surface area contributed by atoms with Gasteiger partial charge in [0, 0.05) is 19.2 Å². The third kappa shape index (κ3) is 3.55. The van der Waals surface area contributed by atoms with Crippen LogP contribution in [0.1, 0.15) is 29.2 Å². The molecular formula is C20H18FN3O2S. The van der Waals surface area contributed by atoms with Crippen LogP contribution in [0.25, 0.3) is 10.6 Å². The molecule has 4 rings (SSSR count). The minimum atomic E-state index is -0.508. The van der Waals surface area contributed by atoms with Crippen molar-refractivity contribution in [1.82, 2.24) is 14.7 Å². The summed E-state index contributed by atoms with van der Waals surface area (Å²) in [4.78, 5) is 27.5. The van der Waals surface area contributed by atoms with Crippen molar-refractivity contribution in [2.75, 3.05) is 13.1 Å². The van der Waals surface area contributed by atoms with Gasteiger partial charge in [0.2, 0.25) is 0 Å². The Morgan fingerprint density at radius 3 is 2.56 bits per heavy atom. The van der Waals surface area contributed by atoms with Gasteiger partial charge in [0.1, 0.15) is 11.5 Å². The fourth-order valence-electron chi connectivity index (χ4n) is 3.36. The molecule has 0 radical (unpaired) electrons. The zero-order valence-corrected chi connectivity index (χ0v) is 15.4. The Morgan fingerprint density at radius 1 is 1.07 bits per heavy atom. The molecule has 3 aromatic rings. The van der Waals surface area contributed by atoms with E-state index in [-0.39, 0.29) is 23.1 Å². The lowest BCUT2D eigenvalue weighted by Gasteiger charge is -2.32. The van der Waals surface area contributed by atoms with Crippen LogP contribution in [-0.2, 0) is 0 Å². The van der Waals surface area contributed by atoms with E-state index in [1.165, 1.54) is 16.8 Å². The summed E-state index contributed by atoms with van der Waals surface area (Å²) >= 11 is 1.57. The van der Waals surface area contributed by atoms with E-state index >= 15 is 0 Å². The van der Waals surface area contributed by atoms with E-state index in [4.69, 9.17) is 0 Å². The van der Waals surface area contributed by atoms with Crippen LogP contribution < -0.4 is 5.56 Å². The van der Waals surface area contributed by atoms with Crippen LogP contribution in [0.5, 0.6) is 0 Å². The van der Waals surface area contributed by atoms with Gasteiger partial charge in [-0.2, -0.15) is 5.10 Å². The molecule has 1 fully saturated rings. The molecule has 0 bridgehead atoms. The van der Waals surface area contributed by atoms with Gasteiger partial charge in [-0.1, -0.05) is 18.2 Å². The molecule has 0 saturated carbocycles. The molecule has 27 heavy (non-hydrogen) atoms. The number of rotatable bonds is 3. The number of hydrogen-bond donors (Lipinski definition) is 0. The molecule has 1 aliphatic heterocycles. The summed E-state index contributed by atoms with van der Waals surface area (Å²) in [7, 11) is 0. The Balaban J connectivity index is 1.50. The molecule has 0 aliphatic carbocycles. The van der Waals surface area contributed by atoms with Gasteiger partial charge in [0.15, 0.2) is 0 Å². The van der Waals surface area contributed by atoms with Gasteiger partial charge in [0.05, 0.1) is 16.5 Å². The highest BCUT2D eigenvalue weighted by molar-refractivity contribution is 7.13. The Kier molecular flexibility index (Phi) is 4.85. The summed E-state index contributed by atoms with van der Waals surface area (Å²) in [6.07, 6.45) is 1.22. The lowest BCUT2D eigenvalue weighted by Crippen LogP contribution is -2.41. The quantitative estimate of drug-likeness (QED) is 0.695. The molecule has 1 amide bonds. The zero-order valence-electron chi connectivity index (χ0n) is 14.5. The van der Waals surface area contributed by atoms with E-state index in [1.807, 2.05) is 17.5 Å². The van der Waals surface area contributed by atoms with Crippen molar-refractivity contribution in [3.05, 3.63) is 75.6 Å². The van der Waals surface area contributed by atoms with E-state index in [1.54, 1.807) is 40.5 Å². The maximum absolute atomic E-state index is 13.9. The third-order valence-corrected chi connectivity index (χ3v) is 5.69. The number of hydrogen-bond acceptors (Lipinski definition) is 4. The molecule has 0 N–H and O–H groups in total. The van der Waals surface area contributed by atoms with Gasteiger partial charge in [-0.3, -0.25) is 9.59 Å². The van der Waals surface area contributed by atoms with Crippen molar-refractivity contribution in [3.63, 3.8) is 0 Å². The van der Waals surface area contributed by atoms with Crippen molar-refractivity contribution >= 4 is 17.2 Å². The number of nitrogens with zero attached hydrogens (tertiary/aromatic N) is 3. The Bertz CT molecular complexity index is 1010. The lowest BCUT2D eigenvalue weighted by atomic mass is 10.0. The number of amides is 1. The van der Waals surface area contributed by atoms with Gasteiger partial charge in [0.25, 0.3) is 11.5 Å². The fourth-order valence-corrected chi connectivity index (χ4v) is 4.05. The van der Waals surface area contributed by atoms with Crippen LogP contribution in [0.15, 0.2) is 58.7 Å². The van der Waals surface area contributed by atoms with Crippen LogP contribution >= 0.6 is 11.3 Å². The van der Waals surface area contributed by atoms with Gasteiger partial charge < -0.3 is 4.90 Å². The highest BCUT2D eigenvalue weighted by Gasteiger charge is 2.27. The van der Waals surface area contributed by atoms with E-state index in [2.05, 4.69) is 5.10 Å². The second kappa shape index (κ2) is 7.44. The van der Waals surface area contributed by atoms with Crippen LogP contribution in [0, 0.1) is 5.82 Å².